The van der Waals surface area contributed by atoms with Crippen LogP contribution in [0.2, 0.25) is 0 Å². The van der Waals surface area contributed by atoms with Gasteiger partial charge in [-0.1, -0.05) is 57.4 Å². The molecule has 0 bridgehead atoms. The van der Waals surface area contributed by atoms with Gasteiger partial charge in [-0.25, -0.2) is 0 Å². The Balaban J connectivity index is 1.72. The Morgan fingerprint density at radius 2 is 2.03 bits per heavy atom. The molecule has 1 heterocycles. The van der Waals surface area contributed by atoms with Crippen LogP contribution in [0.15, 0.2) is 57.6 Å². The molecule has 31 heavy (non-hydrogen) atoms. The van der Waals surface area contributed by atoms with Gasteiger partial charge in [0.1, 0.15) is 11.3 Å². The van der Waals surface area contributed by atoms with E-state index in [0.29, 0.717) is 5.56 Å². The molecule has 1 aromatic carbocycles. The third kappa shape index (κ3) is 6.00. The molecule has 1 aliphatic rings. The Bertz CT molecular complexity index is 1020. The van der Waals surface area contributed by atoms with E-state index in [2.05, 4.69) is 58.2 Å². The first-order valence-electron chi connectivity index (χ1n) is 11.7. The van der Waals surface area contributed by atoms with Gasteiger partial charge >= 0.3 is 0 Å². The molecule has 1 amide bonds. The summed E-state index contributed by atoms with van der Waals surface area (Å²) in [6.07, 6.45) is 13.5. The predicted molar refractivity (Wildman–Crippen MR) is 131 cm³/mol. The lowest BCUT2D eigenvalue weighted by Gasteiger charge is -2.32. The third-order valence-corrected chi connectivity index (χ3v) is 6.29. The second kappa shape index (κ2) is 10.2. The first-order valence-corrected chi connectivity index (χ1v) is 11.7. The summed E-state index contributed by atoms with van der Waals surface area (Å²) in [4.78, 5) is 12.4. The van der Waals surface area contributed by atoms with Crippen molar-refractivity contribution in [2.45, 2.75) is 73.1 Å². The maximum atomic E-state index is 12.4. The van der Waals surface area contributed by atoms with Crippen LogP contribution < -0.4 is 5.32 Å². The van der Waals surface area contributed by atoms with Gasteiger partial charge in [0.2, 0.25) is 0 Å². The number of rotatable bonds is 8. The fourth-order valence-electron chi connectivity index (χ4n) is 4.44. The van der Waals surface area contributed by atoms with Gasteiger partial charge in [-0.15, -0.1) is 0 Å². The maximum absolute atomic E-state index is 12.4. The van der Waals surface area contributed by atoms with E-state index >= 15 is 0 Å². The summed E-state index contributed by atoms with van der Waals surface area (Å²) in [5.41, 5.74) is 5.75. The number of fused-ring (bicyclic) bond motifs is 1. The molecule has 1 N–H and O–H groups in total. The minimum Gasteiger partial charge on any atom is -0.457 e. The maximum Gasteiger partial charge on any atom is 0.251 e. The van der Waals surface area contributed by atoms with Crippen LogP contribution in [0, 0.1) is 5.41 Å². The third-order valence-electron chi connectivity index (χ3n) is 6.29. The number of carbonyl (C=O) groups excluding carboxylic acids is 1. The number of benzene rings is 1. The summed E-state index contributed by atoms with van der Waals surface area (Å²) in [5.74, 6) is 0.774. The van der Waals surface area contributed by atoms with E-state index in [1.807, 2.05) is 24.3 Å². The molecule has 0 radical (unpaired) electrons. The van der Waals surface area contributed by atoms with Crippen LogP contribution >= 0.6 is 0 Å². The number of hydrogen-bond acceptors (Lipinski definition) is 2. The molecular formula is C28H37NO2. The first-order chi connectivity index (χ1) is 14.8. The van der Waals surface area contributed by atoms with Crippen LogP contribution in [0.25, 0.3) is 17.0 Å². The molecule has 166 valence electrons. The standard InChI is InChI=1S/C28H37NO2/c1-6-7-8-16-29-27(30)23-13-12-22-18-24(31-26(22)19-23)17-20(2)11-14-25-21(3)10-9-15-28(25,4)5/h11-14,17-19H,6-10,15-16H2,1-5H3,(H,29,30)/b14-11+,20-17+. The number of unbranched alkanes of at least 4 members (excludes halogenated alkanes) is 2. The lowest BCUT2D eigenvalue weighted by Crippen LogP contribution is -2.24. The zero-order chi connectivity index (χ0) is 22.4. The van der Waals surface area contributed by atoms with E-state index < -0.39 is 0 Å². The normalized spacial score (nSPS) is 17.0. The molecular weight excluding hydrogens is 382 g/mol. The van der Waals surface area contributed by atoms with E-state index in [4.69, 9.17) is 4.42 Å². The van der Waals surface area contributed by atoms with E-state index in [1.54, 1.807) is 0 Å². The predicted octanol–water partition coefficient (Wildman–Crippen LogP) is 7.84. The van der Waals surface area contributed by atoms with Crippen LogP contribution in [0.4, 0.5) is 0 Å². The van der Waals surface area contributed by atoms with E-state index in [0.717, 1.165) is 48.1 Å². The zero-order valence-electron chi connectivity index (χ0n) is 19.8. The summed E-state index contributed by atoms with van der Waals surface area (Å²) >= 11 is 0. The number of hydrogen-bond donors (Lipinski definition) is 1. The van der Waals surface area contributed by atoms with E-state index in [9.17, 15) is 4.79 Å². The summed E-state index contributed by atoms with van der Waals surface area (Å²) in [6, 6.07) is 7.70. The van der Waals surface area contributed by atoms with Crippen molar-refractivity contribution >= 4 is 23.0 Å². The Hall–Kier alpha value is -2.55. The van der Waals surface area contributed by atoms with Crippen LogP contribution in [0.5, 0.6) is 0 Å². The number of nitrogens with one attached hydrogen (secondary N) is 1. The Morgan fingerprint density at radius 1 is 1.23 bits per heavy atom. The molecule has 3 rings (SSSR count). The molecule has 3 heteroatoms. The molecule has 0 fully saturated rings. The Morgan fingerprint density at radius 3 is 2.77 bits per heavy atom. The van der Waals surface area contributed by atoms with Gasteiger partial charge in [0.05, 0.1) is 0 Å². The van der Waals surface area contributed by atoms with Crippen molar-refractivity contribution in [3.63, 3.8) is 0 Å². The van der Waals surface area contributed by atoms with Gasteiger partial charge in [-0.05, 0) is 80.4 Å². The van der Waals surface area contributed by atoms with Gasteiger partial charge in [-0.3, -0.25) is 4.79 Å². The number of amides is 1. The van der Waals surface area contributed by atoms with Gasteiger partial charge in [-0.2, -0.15) is 0 Å². The SMILES string of the molecule is CCCCCNC(=O)c1ccc2cc(/C=C(C)/C=C/C3=C(C)CCCC3(C)C)oc2c1. The highest BCUT2D eigenvalue weighted by molar-refractivity contribution is 5.97. The zero-order valence-corrected chi connectivity index (χ0v) is 19.8. The van der Waals surface area contributed by atoms with Crippen molar-refractivity contribution in [3.8, 4) is 0 Å². The van der Waals surface area contributed by atoms with Crippen molar-refractivity contribution in [1.29, 1.82) is 0 Å². The molecule has 0 saturated heterocycles. The van der Waals surface area contributed by atoms with Crippen molar-refractivity contribution in [2.75, 3.05) is 6.54 Å². The molecule has 0 atom stereocenters. The minimum atomic E-state index is -0.0376. The van der Waals surface area contributed by atoms with Crippen LogP contribution in [-0.4, -0.2) is 12.5 Å². The minimum absolute atomic E-state index is 0.0376. The lowest BCUT2D eigenvalue weighted by atomic mass is 9.72. The lowest BCUT2D eigenvalue weighted by molar-refractivity contribution is 0.0953. The summed E-state index contributed by atoms with van der Waals surface area (Å²) < 4.78 is 6.02. The summed E-state index contributed by atoms with van der Waals surface area (Å²) in [7, 11) is 0. The van der Waals surface area contributed by atoms with E-state index in [-0.39, 0.29) is 11.3 Å². The van der Waals surface area contributed by atoms with Crippen molar-refractivity contribution in [3.05, 3.63) is 64.5 Å². The topological polar surface area (TPSA) is 42.2 Å². The number of furan rings is 1. The van der Waals surface area contributed by atoms with Gasteiger partial charge < -0.3 is 9.73 Å². The largest absolute Gasteiger partial charge is 0.457 e. The molecule has 0 spiro atoms. The van der Waals surface area contributed by atoms with Crippen molar-refractivity contribution < 1.29 is 9.21 Å². The number of allylic oxidation sites excluding steroid dienone is 5. The van der Waals surface area contributed by atoms with Crippen LogP contribution in [0.1, 0.15) is 89.3 Å². The molecule has 3 nitrogen and oxygen atoms in total. The Kier molecular flexibility index (Phi) is 7.59. The van der Waals surface area contributed by atoms with Crippen LogP contribution in [0.3, 0.4) is 0 Å². The highest BCUT2D eigenvalue weighted by Gasteiger charge is 2.26. The van der Waals surface area contributed by atoms with Crippen molar-refractivity contribution in [2.24, 2.45) is 5.41 Å². The molecule has 0 saturated carbocycles. The second-order valence-corrected chi connectivity index (χ2v) is 9.52. The quantitative estimate of drug-likeness (QED) is 0.350. The Labute approximate surface area is 187 Å². The monoisotopic (exact) mass is 419 g/mol. The average molecular weight is 420 g/mol. The van der Waals surface area contributed by atoms with Gasteiger partial charge in [0, 0.05) is 17.5 Å². The molecule has 2 aromatic rings. The summed E-state index contributed by atoms with van der Waals surface area (Å²) in [5, 5.41) is 4.00. The number of carbonyl (C=O) groups is 1. The van der Waals surface area contributed by atoms with E-state index in [1.165, 1.54) is 30.4 Å². The molecule has 1 aromatic heterocycles. The molecule has 1 aliphatic carbocycles. The van der Waals surface area contributed by atoms with Crippen molar-refractivity contribution in [1.82, 2.24) is 5.32 Å². The molecule has 0 aliphatic heterocycles. The fraction of sp³-hybridized carbons (Fsp3) is 0.464. The highest BCUT2D eigenvalue weighted by atomic mass is 16.3. The van der Waals surface area contributed by atoms with Gasteiger partial charge in [0.15, 0.2) is 0 Å². The second-order valence-electron chi connectivity index (χ2n) is 9.52. The summed E-state index contributed by atoms with van der Waals surface area (Å²) in [6.45, 7) is 11.9. The highest BCUT2D eigenvalue weighted by Crippen LogP contribution is 2.40. The fourth-order valence-corrected chi connectivity index (χ4v) is 4.44. The first kappa shape index (κ1) is 23.1. The van der Waals surface area contributed by atoms with Gasteiger partial charge in [0.25, 0.3) is 5.91 Å². The average Bonchev–Trinajstić information content (AvgIpc) is 3.11. The smallest absolute Gasteiger partial charge is 0.251 e. The molecule has 0 unspecified atom stereocenters. The van der Waals surface area contributed by atoms with Crippen LogP contribution in [-0.2, 0) is 0 Å².